The normalized spacial score (nSPS) is 19.2. The summed E-state index contributed by atoms with van der Waals surface area (Å²) >= 11 is 0. The van der Waals surface area contributed by atoms with Gasteiger partial charge in [-0.15, -0.1) is 0 Å². The predicted octanol–water partition coefficient (Wildman–Crippen LogP) is 0.782. The summed E-state index contributed by atoms with van der Waals surface area (Å²) in [5.74, 6) is -3.96. The van der Waals surface area contributed by atoms with Crippen LogP contribution in [-0.2, 0) is 19.1 Å². The molecule has 1 aromatic rings. The van der Waals surface area contributed by atoms with Crippen molar-refractivity contribution in [1.82, 2.24) is 10.6 Å². The molecular weight excluding hydrogens is 428 g/mol. The highest BCUT2D eigenvalue weighted by Gasteiger charge is 2.41. The lowest BCUT2D eigenvalue weighted by molar-refractivity contribution is -0.200. The standard InChI is InChI=1S/C18H20F4N4O5/c19-13-7-11(1-2-14(13)25-5-3-23-4-6-25)26-9-12(31-17(26)29)8-24-15(27)10-30-16(28)18(20,21)22/h1-2,7,12,23H,3-6,8-10H2,(H,24,27). The van der Waals surface area contributed by atoms with E-state index in [2.05, 4.69) is 15.4 Å². The summed E-state index contributed by atoms with van der Waals surface area (Å²) in [6.07, 6.45) is -6.76. The second-order valence-corrected chi connectivity index (χ2v) is 6.87. The average Bonchev–Trinajstić information content (AvgIpc) is 3.10. The van der Waals surface area contributed by atoms with Gasteiger partial charge in [0, 0.05) is 26.2 Å². The topological polar surface area (TPSA) is 100 Å². The van der Waals surface area contributed by atoms with Gasteiger partial charge in [-0.2, -0.15) is 13.2 Å². The summed E-state index contributed by atoms with van der Waals surface area (Å²) in [4.78, 5) is 37.3. The number of cyclic esters (lactones) is 1. The van der Waals surface area contributed by atoms with E-state index in [9.17, 15) is 31.9 Å². The van der Waals surface area contributed by atoms with E-state index in [0.29, 0.717) is 18.8 Å². The first-order chi connectivity index (χ1) is 14.6. The third kappa shape index (κ3) is 5.75. The molecule has 1 atom stereocenters. The highest BCUT2D eigenvalue weighted by Crippen LogP contribution is 2.28. The van der Waals surface area contributed by atoms with Crippen molar-refractivity contribution in [2.45, 2.75) is 12.3 Å². The van der Waals surface area contributed by atoms with E-state index >= 15 is 0 Å². The number of esters is 1. The van der Waals surface area contributed by atoms with Crippen LogP contribution in [0.3, 0.4) is 0 Å². The largest absolute Gasteiger partial charge is 0.490 e. The first-order valence-corrected chi connectivity index (χ1v) is 9.39. The van der Waals surface area contributed by atoms with Gasteiger partial charge in [0.05, 0.1) is 24.5 Å². The highest BCUT2D eigenvalue weighted by atomic mass is 19.4. The van der Waals surface area contributed by atoms with Crippen LogP contribution in [0.5, 0.6) is 0 Å². The van der Waals surface area contributed by atoms with Crippen molar-refractivity contribution in [2.75, 3.05) is 55.7 Å². The maximum atomic E-state index is 14.6. The number of hydrogen-bond donors (Lipinski definition) is 2. The Hall–Kier alpha value is -3.09. The number of nitrogens with zero attached hydrogens (tertiary/aromatic N) is 2. The summed E-state index contributed by atoms with van der Waals surface area (Å²) in [5.41, 5.74) is 0.698. The van der Waals surface area contributed by atoms with Crippen LogP contribution >= 0.6 is 0 Å². The van der Waals surface area contributed by atoms with E-state index in [1.807, 2.05) is 4.90 Å². The molecule has 2 saturated heterocycles. The van der Waals surface area contributed by atoms with Gasteiger partial charge in [-0.1, -0.05) is 0 Å². The molecule has 0 bridgehead atoms. The second-order valence-electron chi connectivity index (χ2n) is 6.87. The summed E-state index contributed by atoms with van der Waals surface area (Å²) in [6.45, 7) is 1.44. The quantitative estimate of drug-likeness (QED) is 0.490. The zero-order valence-corrected chi connectivity index (χ0v) is 16.2. The van der Waals surface area contributed by atoms with E-state index in [1.165, 1.54) is 11.0 Å². The fraction of sp³-hybridized carbons (Fsp3) is 0.500. The summed E-state index contributed by atoms with van der Waals surface area (Å²) in [7, 11) is 0. The van der Waals surface area contributed by atoms with Crippen molar-refractivity contribution in [2.24, 2.45) is 0 Å². The van der Waals surface area contributed by atoms with E-state index in [1.54, 1.807) is 12.1 Å². The number of rotatable bonds is 6. The molecule has 2 heterocycles. The molecule has 2 fully saturated rings. The van der Waals surface area contributed by atoms with Crippen LogP contribution in [-0.4, -0.2) is 76.1 Å². The van der Waals surface area contributed by atoms with Crippen molar-refractivity contribution in [3.63, 3.8) is 0 Å². The Morgan fingerprint density at radius 3 is 2.61 bits per heavy atom. The molecule has 1 unspecified atom stereocenters. The number of amides is 2. The molecule has 2 N–H and O–H groups in total. The third-order valence-electron chi connectivity index (χ3n) is 4.67. The maximum Gasteiger partial charge on any atom is 0.490 e. The van der Waals surface area contributed by atoms with Crippen LogP contribution in [0.25, 0.3) is 0 Å². The molecule has 13 heteroatoms. The van der Waals surface area contributed by atoms with Crippen molar-refractivity contribution in [1.29, 1.82) is 0 Å². The predicted molar refractivity (Wildman–Crippen MR) is 99.1 cm³/mol. The van der Waals surface area contributed by atoms with E-state index < -0.39 is 42.7 Å². The van der Waals surface area contributed by atoms with Crippen LogP contribution in [0.1, 0.15) is 0 Å². The minimum Gasteiger partial charge on any atom is -0.449 e. The molecule has 9 nitrogen and oxygen atoms in total. The molecule has 0 aromatic heterocycles. The van der Waals surface area contributed by atoms with Crippen LogP contribution < -0.4 is 20.4 Å². The fourth-order valence-corrected chi connectivity index (χ4v) is 3.16. The Kier molecular flexibility index (Phi) is 6.83. The number of carbonyl (C=O) groups excluding carboxylic acids is 3. The number of anilines is 2. The Labute approximate surface area is 174 Å². The minimum absolute atomic E-state index is 0.00608. The molecule has 3 rings (SSSR count). The maximum absolute atomic E-state index is 14.6. The lowest BCUT2D eigenvalue weighted by Crippen LogP contribution is -2.43. The molecule has 1 aromatic carbocycles. The third-order valence-corrected chi connectivity index (χ3v) is 4.67. The van der Waals surface area contributed by atoms with Crippen molar-refractivity contribution < 1.29 is 41.4 Å². The number of halogens is 4. The smallest absolute Gasteiger partial charge is 0.449 e. The van der Waals surface area contributed by atoms with E-state index in [-0.39, 0.29) is 18.8 Å². The molecular formula is C18H20F4N4O5. The van der Waals surface area contributed by atoms with Gasteiger partial charge < -0.3 is 25.0 Å². The monoisotopic (exact) mass is 448 g/mol. The van der Waals surface area contributed by atoms with Crippen molar-refractivity contribution in [3.05, 3.63) is 24.0 Å². The van der Waals surface area contributed by atoms with Crippen LogP contribution in [0.4, 0.5) is 33.7 Å². The Morgan fingerprint density at radius 1 is 1.26 bits per heavy atom. The number of ether oxygens (including phenoxy) is 2. The van der Waals surface area contributed by atoms with E-state index in [0.717, 1.165) is 13.1 Å². The lowest BCUT2D eigenvalue weighted by Gasteiger charge is -2.30. The first-order valence-electron chi connectivity index (χ1n) is 9.39. The molecule has 2 aliphatic rings. The number of benzene rings is 1. The van der Waals surface area contributed by atoms with Gasteiger partial charge in [-0.05, 0) is 18.2 Å². The van der Waals surface area contributed by atoms with Gasteiger partial charge in [-0.3, -0.25) is 9.69 Å². The molecule has 170 valence electrons. The SMILES string of the molecule is O=C(COC(=O)C(F)(F)F)NCC1CN(c2ccc(N3CCNCC3)c(F)c2)C(=O)O1. The zero-order chi connectivity index (χ0) is 22.6. The van der Waals surface area contributed by atoms with Gasteiger partial charge >= 0.3 is 18.2 Å². The summed E-state index contributed by atoms with van der Waals surface area (Å²) < 4.78 is 59.6. The van der Waals surface area contributed by atoms with Gasteiger partial charge in [0.25, 0.3) is 5.91 Å². The first kappa shape index (κ1) is 22.6. The Bertz CT molecular complexity index is 845. The summed E-state index contributed by atoms with van der Waals surface area (Å²) in [5, 5.41) is 5.39. The molecule has 0 spiro atoms. The van der Waals surface area contributed by atoms with Gasteiger partial charge in [-0.25, -0.2) is 14.0 Å². The van der Waals surface area contributed by atoms with Crippen molar-refractivity contribution >= 4 is 29.3 Å². The van der Waals surface area contributed by atoms with Crippen molar-refractivity contribution in [3.8, 4) is 0 Å². The summed E-state index contributed by atoms with van der Waals surface area (Å²) in [6, 6.07) is 4.38. The van der Waals surface area contributed by atoms with E-state index in [4.69, 9.17) is 4.74 Å². The van der Waals surface area contributed by atoms with Gasteiger partial charge in [0.15, 0.2) is 6.61 Å². The number of hydrogen-bond acceptors (Lipinski definition) is 7. The number of alkyl halides is 3. The Balaban J connectivity index is 1.51. The molecule has 0 aliphatic carbocycles. The number of nitrogens with one attached hydrogen (secondary N) is 2. The number of carbonyl (C=O) groups is 3. The molecule has 2 amide bonds. The minimum atomic E-state index is -5.20. The lowest BCUT2D eigenvalue weighted by atomic mass is 10.2. The molecule has 0 radical (unpaired) electrons. The zero-order valence-electron chi connectivity index (χ0n) is 16.2. The van der Waals surface area contributed by atoms with Gasteiger partial charge in [0.2, 0.25) is 0 Å². The fourth-order valence-electron chi connectivity index (χ4n) is 3.16. The molecule has 2 aliphatic heterocycles. The highest BCUT2D eigenvalue weighted by molar-refractivity contribution is 5.90. The van der Waals surface area contributed by atoms with Crippen LogP contribution in [0, 0.1) is 5.82 Å². The average molecular weight is 448 g/mol. The van der Waals surface area contributed by atoms with Gasteiger partial charge in [0.1, 0.15) is 11.9 Å². The Morgan fingerprint density at radius 2 is 1.97 bits per heavy atom. The number of piperazine rings is 1. The molecule has 0 saturated carbocycles. The molecule has 31 heavy (non-hydrogen) atoms. The van der Waals surface area contributed by atoms with Crippen LogP contribution in [0.2, 0.25) is 0 Å². The second kappa shape index (κ2) is 9.37. The van der Waals surface area contributed by atoms with Crippen LogP contribution in [0.15, 0.2) is 18.2 Å².